The van der Waals surface area contributed by atoms with Crippen LogP contribution in [0.25, 0.3) is 0 Å². The van der Waals surface area contributed by atoms with Gasteiger partial charge >= 0.3 is 0 Å². The number of rotatable bonds is 4. The van der Waals surface area contributed by atoms with Crippen LogP contribution in [0.4, 0.5) is 11.4 Å². The summed E-state index contributed by atoms with van der Waals surface area (Å²) in [6.45, 7) is 2.04. The number of thioether (sulfide) groups is 1. The van der Waals surface area contributed by atoms with E-state index in [0.29, 0.717) is 0 Å². The summed E-state index contributed by atoms with van der Waals surface area (Å²) in [7, 11) is 0. The lowest BCUT2D eigenvalue weighted by molar-refractivity contribution is 0.0993. The lowest BCUT2D eigenvalue weighted by Crippen LogP contribution is -2.32. The van der Waals surface area contributed by atoms with Crippen molar-refractivity contribution in [2.75, 3.05) is 16.5 Å². The fourth-order valence-corrected chi connectivity index (χ4v) is 3.87. The number of hydrogen-bond donors (Lipinski definition) is 1. The molecule has 0 aromatic heterocycles. The van der Waals surface area contributed by atoms with Gasteiger partial charge in [0.25, 0.3) is 5.91 Å². The van der Waals surface area contributed by atoms with E-state index < -0.39 is 0 Å². The van der Waals surface area contributed by atoms with Crippen LogP contribution in [0.15, 0.2) is 77.7 Å². The molecule has 0 saturated carbocycles. The Balaban J connectivity index is 1.80. The number of para-hydroxylation sites is 1. The molecule has 130 valence electrons. The number of aryl methyl sites for hydroxylation is 1. The third kappa shape index (κ3) is 2.86. The van der Waals surface area contributed by atoms with Gasteiger partial charge in [-0.15, -0.1) is 11.8 Å². The van der Waals surface area contributed by atoms with Gasteiger partial charge in [0.05, 0.1) is 0 Å². The molecule has 0 radical (unpaired) electrons. The highest BCUT2D eigenvalue weighted by Crippen LogP contribution is 2.39. The Labute approximate surface area is 158 Å². The Hall–Kier alpha value is -2.72. The maximum Gasteiger partial charge on any atom is 0.260 e. The normalized spacial score (nSPS) is 15.8. The molecule has 0 saturated heterocycles. The zero-order valence-electron chi connectivity index (χ0n) is 14.8. The second kappa shape index (κ2) is 6.89. The van der Waals surface area contributed by atoms with Crippen molar-refractivity contribution in [2.24, 2.45) is 0 Å². The molecule has 3 nitrogen and oxygen atoms in total. The maximum absolute atomic E-state index is 13.2. The Morgan fingerprint density at radius 1 is 0.962 bits per heavy atom. The van der Waals surface area contributed by atoms with Crippen molar-refractivity contribution < 1.29 is 4.79 Å². The van der Waals surface area contributed by atoms with E-state index in [4.69, 9.17) is 0 Å². The molecule has 0 spiro atoms. The molecule has 1 amide bonds. The molecule has 1 N–H and O–H groups in total. The Kier molecular flexibility index (Phi) is 4.43. The van der Waals surface area contributed by atoms with E-state index in [1.165, 1.54) is 4.90 Å². The first-order valence-corrected chi connectivity index (χ1v) is 9.80. The van der Waals surface area contributed by atoms with Gasteiger partial charge in [0.1, 0.15) is 6.17 Å². The van der Waals surface area contributed by atoms with Crippen LogP contribution in [-0.4, -0.2) is 12.2 Å². The molecule has 1 heterocycles. The van der Waals surface area contributed by atoms with E-state index in [-0.39, 0.29) is 12.1 Å². The van der Waals surface area contributed by atoms with Gasteiger partial charge in [-0.3, -0.25) is 9.69 Å². The van der Waals surface area contributed by atoms with Gasteiger partial charge in [-0.05, 0) is 49.1 Å². The number of hydrogen-bond acceptors (Lipinski definition) is 3. The zero-order chi connectivity index (χ0) is 18.1. The summed E-state index contributed by atoms with van der Waals surface area (Å²) in [5.41, 5.74) is 4.79. The number of amides is 1. The zero-order valence-corrected chi connectivity index (χ0v) is 15.6. The molecular weight excluding hydrogens is 340 g/mol. The largest absolute Gasteiger partial charge is 0.361 e. The first-order valence-electron chi connectivity index (χ1n) is 8.58. The van der Waals surface area contributed by atoms with E-state index in [1.807, 2.05) is 72.5 Å². The fourth-order valence-electron chi connectivity index (χ4n) is 3.41. The second-order valence-electron chi connectivity index (χ2n) is 6.33. The summed E-state index contributed by atoms with van der Waals surface area (Å²) in [5, 5.41) is 3.57. The molecule has 0 aliphatic carbocycles. The van der Waals surface area contributed by atoms with Crippen molar-refractivity contribution >= 4 is 29.0 Å². The average Bonchev–Trinajstić information content (AvgIpc) is 2.95. The number of anilines is 2. The van der Waals surface area contributed by atoms with E-state index in [2.05, 4.69) is 23.7 Å². The van der Waals surface area contributed by atoms with Gasteiger partial charge in [0.15, 0.2) is 0 Å². The fraction of sp³-hybridized carbons (Fsp3) is 0.136. The average molecular weight is 360 g/mol. The number of benzene rings is 3. The van der Waals surface area contributed by atoms with Crippen LogP contribution >= 0.6 is 11.8 Å². The lowest BCUT2D eigenvalue weighted by Gasteiger charge is -2.28. The van der Waals surface area contributed by atoms with Crippen LogP contribution in [0.3, 0.4) is 0 Å². The predicted octanol–water partition coefficient (Wildman–Crippen LogP) is 5.49. The second-order valence-corrected chi connectivity index (χ2v) is 7.21. The minimum Gasteiger partial charge on any atom is -0.361 e. The van der Waals surface area contributed by atoms with Gasteiger partial charge in [0, 0.05) is 27.4 Å². The van der Waals surface area contributed by atoms with Crippen LogP contribution < -0.4 is 10.2 Å². The standard InChI is InChI=1S/C22H20N2OS/c1-15-8-3-6-13-20(15)24-21(18-11-4-5-12-19(18)22(24)25)23-16-9-7-10-17(14-16)26-2/h3-14,21,23H,1-2H3/t21-/m0/s1. The number of carbonyl (C=O) groups is 1. The third-order valence-corrected chi connectivity index (χ3v) is 5.44. The summed E-state index contributed by atoms with van der Waals surface area (Å²) < 4.78 is 0. The van der Waals surface area contributed by atoms with Crippen molar-refractivity contribution in [2.45, 2.75) is 18.0 Å². The van der Waals surface area contributed by atoms with Gasteiger partial charge < -0.3 is 5.32 Å². The molecular formula is C22H20N2OS. The monoisotopic (exact) mass is 360 g/mol. The van der Waals surface area contributed by atoms with Crippen molar-refractivity contribution in [3.63, 3.8) is 0 Å². The third-order valence-electron chi connectivity index (χ3n) is 4.71. The molecule has 4 rings (SSSR count). The summed E-state index contributed by atoms with van der Waals surface area (Å²) in [5.74, 6) is 0.0356. The van der Waals surface area contributed by atoms with Crippen LogP contribution in [0, 0.1) is 6.92 Å². The minimum absolute atomic E-state index is 0.0356. The van der Waals surface area contributed by atoms with Gasteiger partial charge in [-0.25, -0.2) is 0 Å². The number of nitrogens with zero attached hydrogens (tertiary/aromatic N) is 1. The molecule has 3 aromatic rings. The lowest BCUT2D eigenvalue weighted by atomic mass is 10.1. The predicted molar refractivity (Wildman–Crippen MR) is 109 cm³/mol. The van der Waals surface area contributed by atoms with E-state index in [9.17, 15) is 4.79 Å². The molecule has 0 unspecified atom stereocenters. The number of carbonyl (C=O) groups excluding carboxylic acids is 1. The molecule has 1 aliphatic heterocycles. The Morgan fingerprint density at radius 3 is 2.54 bits per heavy atom. The molecule has 3 aromatic carbocycles. The summed E-state index contributed by atoms with van der Waals surface area (Å²) in [6, 6.07) is 24.1. The topological polar surface area (TPSA) is 32.3 Å². The highest BCUT2D eigenvalue weighted by atomic mass is 32.2. The van der Waals surface area contributed by atoms with Gasteiger partial charge in [-0.2, -0.15) is 0 Å². The van der Waals surface area contributed by atoms with Crippen molar-refractivity contribution in [3.8, 4) is 0 Å². The smallest absolute Gasteiger partial charge is 0.260 e. The Bertz CT molecular complexity index is 970. The van der Waals surface area contributed by atoms with Crippen molar-refractivity contribution in [3.05, 3.63) is 89.5 Å². The quantitative estimate of drug-likeness (QED) is 0.625. The van der Waals surface area contributed by atoms with Gasteiger partial charge in [-0.1, -0.05) is 42.5 Å². The number of nitrogens with one attached hydrogen (secondary N) is 1. The van der Waals surface area contributed by atoms with Crippen molar-refractivity contribution in [1.82, 2.24) is 0 Å². The summed E-state index contributed by atoms with van der Waals surface area (Å²) in [6.07, 6.45) is 1.84. The summed E-state index contributed by atoms with van der Waals surface area (Å²) in [4.78, 5) is 16.2. The highest BCUT2D eigenvalue weighted by molar-refractivity contribution is 7.98. The molecule has 1 atom stereocenters. The first-order chi connectivity index (χ1) is 12.7. The molecule has 1 aliphatic rings. The summed E-state index contributed by atoms with van der Waals surface area (Å²) >= 11 is 1.71. The molecule has 4 heteroatoms. The maximum atomic E-state index is 13.2. The molecule has 0 bridgehead atoms. The van der Waals surface area contributed by atoms with Crippen molar-refractivity contribution in [1.29, 1.82) is 0 Å². The van der Waals surface area contributed by atoms with Crippen LogP contribution in [0.1, 0.15) is 27.7 Å². The SMILES string of the molecule is CSc1cccc(N[C@@H]2c3ccccc3C(=O)N2c2ccccc2C)c1. The number of fused-ring (bicyclic) bond motifs is 1. The molecule has 0 fully saturated rings. The van der Waals surface area contributed by atoms with E-state index in [0.717, 1.165) is 28.1 Å². The highest BCUT2D eigenvalue weighted by Gasteiger charge is 2.38. The van der Waals surface area contributed by atoms with Crippen LogP contribution in [0.2, 0.25) is 0 Å². The minimum atomic E-state index is -0.225. The van der Waals surface area contributed by atoms with Crippen LogP contribution in [0.5, 0.6) is 0 Å². The van der Waals surface area contributed by atoms with Crippen LogP contribution in [-0.2, 0) is 0 Å². The first kappa shape index (κ1) is 16.7. The van der Waals surface area contributed by atoms with E-state index >= 15 is 0 Å². The Morgan fingerprint density at radius 2 is 1.73 bits per heavy atom. The van der Waals surface area contributed by atoms with E-state index in [1.54, 1.807) is 11.8 Å². The molecule has 26 heavy (non-hydrogen) atoms. The van der Waals surface area contributed by atoms with Gasteiger partial charge in [0.2, 0.25) is 0 Å².